The lowest BCUT2D eigenvalue weighted by molar-refractivity contribution is -0.142. The molecule has 0 atom stereocenters. The van der Waals surface area contributed by atoms with Crippen molar-refractivity contribution in [3.8, 4) is 0 Å². The minimum absolute atomic E-state index is 0.134. The summed E-state index contributed by atoms with van der Waals surface area (Å²) in [5.74, 6) is -0.878. The maximum Gasteiger partial charge on any atom is 0.329 e. The largest absolute Gasteiger partial charge is 0.480 e. The lowest BCUT2D eigenvalue weighted by Gasteiger charge is -1.92. The molecule has 0 heterocycles. The van der Waals surface area contributed by atoms with Gasteiger partial charge in [-0.1, -0.05) is 0 Å². The molecule has 0 aromatic rings. The number of carbonyl (C=O) groups is 1. The number of hydrogen-bond acceptors (Lipinski definition) is 2. The predicted molar refractivity (Wildman–Crippen MR) is 26.6 cm³/mol. The molecule has 0 aromatic carbocycles. The van der Waals surface area contributed by atoms with Crippen LogP contribution in [-0.4, -0.2) is 23.8 Å². The topological polar surface area (TPSA) is 46.5 Å². The van der Waals surface area contributed by atoms with Gasteiger partial charge in [0.15, 0.2) is 0 Å². The van der Waals surface area contributed by atoms with Crippen molar-refractivity contribution < 1.29 is 14.6 Å². The van der Waals surface area contributed by atoms with Crippen molar-refractivity contribution >= 4 is 5.97 Å². The fourth-order valence-electron chi connectivity index (χ4n) is 0.424. The number of aliphatic carboxylic acids is 1. The molecular formula is C5H8O3. The van der Waals surface area contributed by atoms with Crippen LogP contribution in [0.5, 0.6) is 0 Å². The Morgan fingerprint density at radius 1 is 1.75 bits per heavy atom. The molecule has 0 radical (unpaired) electrons. The van der Waals surface area contributed by atoms with Crippen LogP contribution in [0.3, 0.4) is 0 Å². The predicted octanol–water partition coefficient (Wildman–Crippen LogP) is 0.250. The van der Waals surface area contributed by atoms with Crippen LogP contribution in [0.25, 0.3) is 0 Å². The molecule has 0 unspecified atom stereocenters. The Morgan fingerprint density at radius 2 is 2.38 bits per heavy atom. The highest BCUT2D eigenvalue weighted by molar-refractivity contribution is 5.68. The second kappa shape index (κ2) is 2.13. The molecule has 0 saturated heterocycles. The molecule has 0 bridgehead atoms. The van der Waals surface area contributed by atoms with Crippen LogP contribution in [0.2, 0.25) is 0 Å². The van der Waals surface area contributed by atoms with Crippen LogP contribution in [0.1, 0.15) is 12.8 Å². The molecule has 1 N–H and O–H groups in total. The summed E-state index contributed by atoms with van der Waals surface area (Å²) in [5.41, 5.74) is 0. The number of carboxylic acid groups (broad SMARTS) is 1. The van der Waals surface area contributed by atoms with Gasteiger partial charge < -0.3 is 9.84 Å². The third kappa shape index (κ3) is 1.93. The molecule has 3 heteroatoms. The van der Waals surface area contributed by atoms with Gasteiger partial charge >= 0.3 is 5.97 Å². The Labute approximate surface area is 47.3 Å². The highest BCUT2D eigenvalue weighted by atomic mass is 16.5. The number of hydrogen-bond donors (Lipinski definition) is 1. The lowest BCUT2D eigenvalue weighted by Crippen LogP contribution is -2.07. The van der Waals surface area contributed by atoms with Crippen LogP contribution in [0.4, 0.5) is 0 Å². The van der Waals surface area contributed by atoms with Crippen molar-refractivity contribution in [2.24, 2.45) is 0 Å². The standard InChI is InChI=1S/C5H8O3/c6-5(7)3-8-4-1-2-4/h4H,1-3H2,(H,6,7). The van der Waals surface area contributed by atoms with Gasteiger partial charge in [0.25, 0.3) is 0 Å². The highest BCUT2D eigenvalue weighted by Gasteiger charge is 2.22. The first kappa shape index (κ1) is 5.56. The van der Waals surface area contributed by atoms with Gasteiger partial charge in [-0.25, -0.2) is 4.79 Å². The second-order valence-electron chi connectivity index (χ2n) is 1.90. The summed E-state index contributed by atoms with van der Waals surface area (Å²) in [7, 11) is 0. The monoisotopic (exact) mass is 116 g/mol. The van der Waals surface area contributed by atoms with E-state index in [2.05, 4.69) is 0 Å². The van der Waals surface area contributed by atoms with Gasteiger partial charge in [-0.3, -0.25) is 0 Å². The highest BCUT2D eigenvalue weighted by Crippen LogP contribution is 2.22. The van der Waals surface area contributed by atoms with Gasteiger partial charge in [-0.05, 0) is 12.8 Å². The van der Waals surface area contributed by atoms with E-state index in [0.717, 1.165) is 12.8 Å². The smallest absolute Gasteiger partial charge is 0.329 e. The number of ether oxygens (including phenoxy) is 1. The second-order valence-corrected chi connectivity index (χ2v) is 1.90. The van der Waals surface area contributed by atoms with Crippen LogP contribution in [-0.2, 0) is 9.53 Å². The Bertz CT molecular complexity index is 95.8. The van der Waals surface area contributed by atoms with Crippen molar-refractivity contribution in [1.82, 2.24) is 0 Å². The van der Waals surface area contributed by atoms with Gasteiger partial charge in [0.1, 0.15) is 6.61 Å². The molecule has 1 rings (SSSR count). The van der Waals surface area contributed by atoms with Crippen LogP contribution in [0.15, 0.2) is 0 Å². The summed E-state index contributed by atoms with van der Waals surface area (Å²) < 4.78 is 4.81. The Balaban J connectivity index is 1.95. The fourth-order valence-corrected chi connectivity index (χ4v) is 0.424. The average molecular weight is 116 g/mol. The Morgan fingerprint density at radius 3 is 2.75 bits per heavy atom. The molecule has 1 fully saturated rings. The van der Waals surface area contributed by atoms with E-state index in [4.69, 9.17) is 9.84 Å². The average Bonchev–Trinajstić information content (AvgIpc) is 2.41. The summed E-state index contributed by atoms with van der Waals surface area (Å²) in [6.45, 7) is -0.134. The molecule has 0 amide bonds. The van der Waals surface area contributed by atoms with E-state index >= 15 is 0 Å². The minimum Gasteiger partial charge on any atom is -0.480 e. The van der Waals surface area contributed by atoms with E-state index < -0.39 is 5.97 Å². The minimum atomic E-state index is -0.878. The first-order chi connectivity index (χ1) is 3.79. The van der Waals surface area contributed by atoms with E-state index in [-0.39, 0.29) is 12.7 Å². The lowest BCUT2D eigenvalue weighted by atomic mass is 10.7. The Hall–Kier alpha value is -0.570. The quantitative estimate of drug-likeness (QED) is 0.575. The first-order valence-electron chi connectivity index (χ1n) is 2.62. The third-order valence-corrected chi connectivity index (χ3v) is 0.967. The van der Waals surface area contributed by atoms with Crippen LogP contribution >= 0.6 is 0 Å². The zero-order valence-electron chi connectivity index (χ0n) is 4.46. The first-order valence-corrected chi connectivity index (χ1v) is 2.62. The van der Waals surface area contributed by atoms with Crippen molar-refractivity contribution in [1.29, 1.82) is 0 Å². The van der Waals surface area contributed by atoms with E-state index in [9.17, 15) is 4.79 Å². The molecular weight excluding hydrogens is 108 g/mol. The van der Waals surface area contributed by atoms with Gasteiger partial charge in [0.05, 0.1) is 6.10 Å². The molecule has 8 heavy (non-hydrogen) atoms. The summed E-state index contributed by atoms with van der Waals surface area (Å²) in [4.78, 5) is 9.81. The maximum absolute atomic E-state index is 9.81. The molecule has 0 aliphatic heterocycles. The molecule has 1 saturated carbocycles. The molecule has 46 valence electrons. The summed E-state index contributed by atoms with van der Waals surface area (Å²) in [5, 5.41) is 8.07. The molecule has 0 aromatic heterocycles. The van der Waals surface area contributed by atoms with Crippen molar-refractivity contribution in [2.45, 2.75) is 18.9 Å². The number of carboxylic acids is 1. The molecule has 3 nitrogen and oxygen atoms in total. The summed E-state index contributed by atoms with van der Waals surface area (Å²) >= 11 is 0. The third-order valence-electron chi connectivity index (χ3n) is 0.967. The van der Waals surface area contributed by atoms with Gasteiger partial charge in [-0.15, -0.1) is 0 Å². The van der Waals surface area contributed by atoms with E-state index in [1.54, 1.807) is 0 Å². The van der Waals surface area contributed by atoms with Crippen molar-refractivity contribution in [3.63, 3.8) is 0 Å². The summed E-state index contributed by atoms with van der Waals surface area (Å²) in [6.07, 6.45) is 2.33. The molecule has 1 aliphatic rings. The number of rotatable bonds is 3. The fraction of sp³-hybridized carbons (Fsp3) is 0.800. The van der Waals surface area contributed by atoms with Gasteiger partial charge in [0, 0.05) is 0 Å². The zero-order valence-corrected chi connectivity index (χ0v) is 4.46. The van der Waals surface area contributed by atoms with Crippen molar-refractivity contribution in [3.05, 3.63) is 0 Å². The summed E-state index contributed by atoms with van der Waals surface area (Å²) in [6, 6.07) is 0. The molecule has 0 spiro atoms. The van der Waals surface area contributed by atoms with E-state index in [1.807, 2.05) is 0 Å². The normalized spacial score (nSPS) is 18.5. The van der Waals surface area contributed by atoms with Crippen molar-refractivity contribution in [2.75, 3.05) is 6.61 Å². The SMILES string of the molecule is O=C(O)COC1CC1. The Kier molecular flexibility index (Phi) is 1.48. The van der Waals surface area contributed by atoms with Gasteiger partial charge in [-0.2, -0.15) is 0 Å². The van der Waals surface area contributed by atoms with E-state index in [0.29, 0.717) is 0 Å². The molecule has 1 aliphatic carbocycles. The van der Waals surface area contributed by atoms with E-state index in [1.165, 1.54) is 0 Å². The van der Waals surface area contributed by atoms with Crippen LogP contribution in [0, 0.1) is 0 Å². The maximum atomic E-state index is 9.81. The van der Waals surface area contributed by atoms with Crippen LogP contribution < -0.4 is 0 Å². The zero-order chi connectivity index (χ0) is 5.98. The van der Waals surface area contributed by atoms with Gasteiger partial charge in [0.2, 0.25) is 0 Å².